The highest BCUT2D eigenvalue weighted by Crippen LogP contribution is 2.13. The molecule has 6 nitrogen and oxygen atoms in total. The van der Waals surface area contributed by atoms with Crippen molar-refractivity contribution in [3.63, 3.8) is 0 Å². The maximum Gasteiger partial charge on any atom is 0.216 e. The first-order valence-electron chi connectivity index (χ1n) is 8.99. The Kier molecular flexibility index (Phi) is 8.27. The average Bonchev–Trinajstić information content (AvgIpc) is 3.10. The molecule has 148 valence electrons. The van der Waals surface area contributed by atoms with Crippen LogP contribution >= 0.6 is 11.3 Å². The van der Waals surface area contributed by atoms with Crippen LogP contribution in [-0.4, -0.2) is 27.0 Å². The summed E-state index contributed by atoms with van der Waals surface area (Å²) < 4.78 is 27.2. The second-order valence-electron chi connectivity index (χ2n) is 6.48. The lowest BCUT2D eigenvalue weighted by atomic mass is 10.1. The normalized spacial score (nSPS) is 12.4. The van der Waals surface area contributed by atoms with Gasteiger partial charge in [-0.1, -0.05) is 24.3 Å². The van der Waals surface area contributed by atoms with Crippen LogP contribution in [0.15, 0.2) is 46.1 Å². The van der Waals surface area contributed by atoms with Crippen molar-refractivity contribution in [3.05, 3.63) is 57.8 Å². The predicted molar refractivity (Wildman–Crippen MR) is 113 cm³/mol. The van der Waals surface area contributed by atoms with Gasteiger partial charge in [-0.2, -0.15) is 11.3 Å². The maximum absolute atomic E-state index is 12.3. The van der Waals surface area contributed by atoms with E-state index >= 15 is 0 Å². The number of sulfonamides is 1. The monoisotopic (exact) mass is 408 g/mol. The van der Waals surface area contributed by atoms with Crippen LogP contribution in [0.25, 0.3) is 0 Å². The van der Waals surface area contributed by atoms with Crippen molar-refractivity contribution < 1.29 is 8.42 Å². The third-order valence-electron chi connectivity index (χ3n) is 3.67. The molecule has 0 aliphatic rings. The Bertz CT molecular complexity index is 831. The van der Waals surface area contributed by atoms with E-state index in [1.54, 1.807) is 11.3 Å². The van der Waals surface area contributed by atoms with Crippen LogP contribution in [0.5, 0.6) is 0 Å². The number of aliphatic imine (C=N–C) groups is 1. The van der Waals surface area contributed by atoms with E-state index in [2.05, 4.69) is 31.8 Å². The van der Waals surface area contributed by atoms with E-state index in [-0.39, 0.29) is 11.8 Å². The maximum atomic E-state index is 12.3. The molecule has 0 atom stereocenters. The molecule has 0 radical (unpaired) electrons. The fraction of sp³-hybridized carbons (Fsp3) is 0.421. The lowest BCUT2D eigenvalue weighted by Gasteiger charge is -2.15. The minimum Gasteiger partial charge on any atom is -0.357 e. The molecular weight excluding hydrogens is 380 g/mol. The van der Waals surface area contributed by atoms with Gasteiger partial charge in [0.05, 0.1) is 12.3 Å². The van der Waals surface area contributed by atoms with Crippen LogP contribution in [-0.2, 0) is 28.9 Å². The fourth-order valence-electron chi connectivity index (χ4n) is 2.55. The Labute approximate surface area is 166 Å². The van der Waals surface area contributed by atoms with E-state index in [9.17, 15) is 8.42 Å². The lowest BCUT2D eigenvalue weighted by molar-refractivity contribution is 0.568. The fourth-order valence-corrected chi connectivity index (χ4v) is 4.70. The Morgan fingerprint density at radius 3 is 2.52 bits per heavy atom. The van der Waals surface area contributed by atoms with Crippen LogP contribution in [0.3, 0.4) is 0 Å². The first-order chi connectivity index (χ1) is 12.9. The highest BCUT2D eigenvalue weighted by atomic mass is 32.2. The Balaban J connectivity index is 2.06. The Hall–Kier alpha value is -1.90. The molecule has 0 fully saturated rings. The zero-order chi connectivity index (χ0) is 19.7. The van der Waals surface area contributed by atoms with E-state index < -0.39 is 10.0 Å². The van der Waals surface area contributed by atoms with Gasteiger partial charge in [0.25, 0.3) is 0 Å². The molecule has 0 unspecified atom stereocenters. The SMILES string of the molecule is CCNC(=NCc1ccsc1)NCc1ccccc1CS(=O)(=O)NC(C)C. The molecule has 0 aliphatic carbocycles. The van der Waals surface area contributed by atoms with Crippen molar-refractivity contribution in [2.45, 2.75) is 45.7 Å². The predicted octanol–water partition coefficient (Wildman–Crippen LogP) is 2.83. The third kappa shape index (κ3) is 7.70. The Morgan fingerprint density at radius 2 is 1.89 bits per heavy atom. The highest BCUT2D eigenvalue weighted by molar-refractivity contribution is 7.88. The second kappa shape index (κ2) is 10.4. The topological polar surface area (TPSA) is 82.6 Å². The number of thiophene rings is 1. The quantitative estimate of drug-likeness (QED) is 0.440. The molecule has 0 aliphatic heterocycles. The smallest absolute Gasteiger partial charge is 0.216 e. The first kappa shape index (κ1) is 21.4. The van der Waals surface area contributed by atoms with Crippen molar-refractivity contribution in [3.8, 4) is 0 Å². The molecule has 0 bridgehead atoms. The van der Waals surface area contributed by atoms with Crippen LogP contribution in [0.2, 0.25) is 0 Å². The summed E-state index contributed by atoms with van der Waals surface area (Å²) in [6, 6.07) is 9.50. The van der Waals surface area contributed by atoms with Crippen LogP contribution < -0.4 is 15.4 Å². The number of benzene rings is 1. The molecule has 8 heteroatoms. The summed E-state index contributed by atoms with van der Waals surface area (Å²) in [5.74, 6) is 0.674. The summed E-state index contributed by atoms with van der Waals surface area (Å²) in [7, 11) is -3.37. The van der Waals surface area contributed by atoms with Crippen molar-refractivity contribution >= 4 is 27.3 Å². The van der Waals surface area contributed by atoms with Gasteiger partial charge in [0.15, 0.2) is 5.96 Å². The molecule has 0 saturated heterocycles. The summed E-state index contributed by atoms with van der Waals surface area (Å²) in [6.45, 7) is 7.51. The number of nitrogens with zero attached hydrogens (tertiary/aromatic N) is 1. The second-order valence-corrected chi connectivity index (χ2v) is 9.01. The van der Waals surface area contributed by atoms with Gasteiger partial charge in [0.2, 0.25) is 10.0 Å². The molecule has 1 aromatic heterocycles. The number of rotatable bonds is 9. The van der Waals surface area contributed by atoms with Crippen LogP contribution in [0, 0.1) is 0 Å². The van der Waals surface area contributed by atoms with Gasteiger partial charge in [0.1, 0.15) is 0 Å². The number of nitrogens with one attached hydrogen (secondary N) is 3. The molecular formula is C19H28N4O2S2. The van der Waals surface area contributed by atoms with E-state index in [1.807, 2.05) is 50.4 Å². The molecule has 3 N–H and O–H groups in total. The standard InChI is InChI=1S/C19H28N4O2S2/c1-4-20-19(21-11-16-9-10-26-13-16)22-12-17-7-5-6-8-18(17)14-27(24,25)23-15(2)3/h5-10,13,15,23H,4,11-12,14H2,1-3H3,(H2,20,21,22). The molecule has 2 aromatic rings. The van der Waals surface area contributed by atoms with Gasteiger partial charge in [-0.15, -0.1) is 0 Å². The molecule has 0 spiro atoms. The zero-order valence-corrected chi connectivity index (χ0v) is 17.7. The van der Waals surface area contributed by atoms with Gasteiger partial charge in [-0.3, -0.25) is 0 Å². The molecule has 0 saturated carbocycles. The van der Waals surface area contributed by atoms with E-state index in [1.165, 1.54) is 5.56 Å². The van der Waals surface area contributed by atoms with E-state index in [4.69, 9.17) is 0 Å². The number of hydrogen-bond acceptors (Lipinski definition) is 4. The van der Waals surface area contributed by atoms with Crippen molar-refractivity contribution in [2.24, 2.45) is 4.99 Å². The van der Waals surface area contributed by atoms with Gasteiger partial charge in [-0.25, -0.2) is 18.1 Å². The lowest BCUT2D eigenvalue weighted by Crippen LogP contribution is -2.37. The number of hydrogen-bond donors (Lipinski definition) is 3. The average molecular weight is 409 g/mol. The summed E-state index contributed by atoms with van der Waals surface area (Å²) in [5, 5.41) is 10.6. The largest absolute Gasteiger partial charge is 0.357 e. The van der Waals surface area contributed by atoms with Crippen molar-refractivity contribution in [1.82, 2.24) is 15.4 Å². The summed E-state index contributed by atoms with van der Waals surface area (Å²) in [5.41, 5.74) is 2.89. The minimum absolute atomic E-state index is 0.0361. The van der Waals surface area contributed by atoms with Gasteiger partial charge in [-0.05, 0) is 54.3 Å². The molecule has 1 aromatic carbocycles. The van der Waals surface area contributed by atoms with E-state index in [0.29, 0.717) is 19.0 Å². The highest BCUT2D eigenvalue weighted by Gasteiger charge is 2.15. The molecule has 1 heterocycles. The first-order valence-corrected chi connectivity index (χ1v) is 11.6. The minimum atomic E-state index is -3.37. The van der Waals surface area contributed by atoms with Gasteiger partial charge in [0, 0.05) is 19.1 Å². The van der Waals surface area contributed by atoms with Crippen molar-refractivity contribution in [2.75, 3.05) is 6.54 Å². The molecule has 27 heavy (non-hydrogen) atoms. The molecule has 0 amide bonds. The van der Waals surface area contributed by atoms with E-state index in [0.717, 1.165) is 17.7 Å². The summed E-state index contributed by atoms with van der Waals surface area (Å²) >= 11 is 1.65. The number of guanidine groups is 1. The van der Waals surface area contributed by atoms with Crippen LogP contribution in [0.1, 0.15) is 37.5 Å². The zero-order valence-electron chi connectivity index (χ0n) is 16.0. The summed E-state index contributed by atoms with van der Waals surface area (Å²) in [6.07, 6.45) is 0. The Morgan fingerprint density at radius 1 is 1.15 bits per heavy atom. The third-order valence-corrected chi connectivity index (χ3v) is 5.92. The van der Waals surface area contributed by atoms with Gasteiger partial charge < -0.3 is 10.6 Å². The van der Waals surface area contributed by atoms with Gasteiger partial charge >= 0.3 is 0 Å². The summed E-state index contributed by atoms with van der Waals surface area (Å²) in [4.78, 5) is 4.59. The van der Waals surface area contributed by atoms with Crippen molar-refractivity contribution in [1.29, 1.82) is 0 Å². The van der Waals surface area contributed by atoms with Crippen LogP contribution in [0.4, 0.5) is 0 Å². The molecule has 2 rings (SSSR count).